The van der Waals surface area contributed by atoms with Crippen LogP contribution in [-0.2, 0) is 6.61 Å². The van der Waals surface area contributed by atoms with Gasteiger partial charge in [-0.25, -0.2) is 0 Å². The molecule has 0 aromatic heterocycles. The van der Waals surface area contributed by atoms with E-state index in [1.54, 1.807) is 0 Å². The van der Waals surface area contributed by atoms with Crippen molar-refractivity contribution in [3.8, 4) is 5.75 Å². The van der Waals surface area contributed by atoms with Gasteiger partial charge in [-0.15, -0.1) is 0 Å². The fraction of sp³-hybridized carbons (Fsp3) is 0.0556. The molecule has 0 fully saturated rings. The summed E-state index contributed by atoms with van der Waals surface area (Å²) in [6, 6.07) is 21.7. The number of ether oxygens (including phenoxy) is 1. The predicted octanol–water partition coefficient (Wildman–Crippen LogP) is 3.70. The molecule has 3 aromatic rings. The number of benzene rings is 3. The third kappa shape index (κ3) is 2.87. The zero-order valence-corrected chi connectivity index (χ0v) is 11.5. The lowest BCUT2D eigenvalue weighted by atomic mass is 10.1. The van der Waals surface area contributed by atoms with E-state index in [4.69, 9.17) is 15.9 Å². The molecule has 3 nitrogen and oxygen atoms in total. The third-order valence-corrected chi connectivity index (χ3v) is 3.38. The van der Waals surface area contributed by atoms with E-state index in [0.29, 0.717) is 12.2 Å². The second kappa shape index (κ2) is 5.67. The molecule has 3 heteroatoms. The Bertz CT molecular complexity index is 791. The number of hydrogen-bond acceptors (Lipinski definition) is 2. The molecule has 3 N–H and O–H groups in total. The third-order valence-electron chi connectivity index (χ3n) is 3.38. The molecule has 3 aromatic carbocycles. The highest BCUT2D eigenvalue weighted by Gasteiger charge is 2.03. The molecular formula is C18H16N2O. The minimum Gasteiger partial charge on any atom is -0.488 e. The van der Waals surface area contributed by atoms with E-state index in [0.717, 1.165) is 22.1 Å². The summed E-state index contributed by atoms with van der Waals surface area (Å²) in [6.07, 6.45) is 0. The molecule has 3 rings (SSSR count). The van der Waals surface area contributed by atoms with Crippen molar-refractivity contribution in [3.63, 3.8) is 0 Å². The average molecular weight is 276 g/mol. The molecule has 0 amide bonds. The summed E-state index contributed by atoms with van der Waals surface area (Å²) >= 11 is 0. The highest BCUT2D eigenvalue weighted by atomic mass is 16.5. The largest absolute Gasteiger partial charge is 0.488 e. The zero-order chi connectivity index (χ0) is 14.7. The first-order valence-electron chi connectivity index (χ1n) is 6.78. The molecule has 0 aliphatic rings. The van der Waals surface area contributed by atoms with Crippen LogP contribution in [0.3, 0.4) is 0 Å². The Kier molecular flexibility index (Phi) is 3.56. The van der Waals surface area contributed by atoms with Crippen LogP contribution in [-0.4, -0.2) is 5.84 Å². The van der Waals surface area contributed by atoms with Gasteiger partial charge in [0.1, 0.15) is 18.2 Å². The molecule has 0 spiro atoms. The maximum absolute atomic E-state index is 7.47. The maximum atomic E-state index is 7.47. The van der Waals surface area contributed by atoms with Crippen LogP contribution >= 0.6 is 0 Å². The van der Waals surface area contributed by atoms with E-state index in [1.165, 1.54) is 0 Å². The van der Waals surface area contributed by atoms with Crippen LogP contribution < -0.4 is 10.5 Å². The maximum Gasteiger partial charge on any atom is 0.127 e. The summed E-state index contributed by atoms with van der Waals surface area (Å²) in [5, 5.41) is 9.73. The SMILES string of the molecule is N=C(N)c1cccc(COc2cccc3ccccc23)c1. The van der Waals surface area contributed by atoms with E-state index in [9.17, 15) is 0 Å². The average Bonchev–Trinajstić information content (AvgIpc) is 2.53. The number of rotatable bonds is 4. The van der Waals surface area contributed by atoms with Gasteiger partial charge in [-0.1, -0.05) is 54.6 Å². The molecule has 0 unspecified atom stereocenters. The number of nitrogen functional groups attached to an aromatic ring is 1. The van der Waals surface area contributed by atoms with Crippen molar-refractivity contribution in [2.45, 2.75) is 6.61 Å². The summed E-state index contributed by atoms with van der Waals surface area (Å²) in [4.78, 5) is 0. The first kappa shape index (κ1) is 13.2. The van der Waals surface area contributed by atoms with Gasteiger partial charge in [0.05, 0.1) is 0 Å². The molecule has 21 heavy (non-hydrogen) atoms. The van der Waals surface area contributed by atoms with E-state index in [1.807, 2.05) is 48.5 Å². The Morgan fingerprint density at radius 3 is 2.57 bits per heavy atom. The van der Waals surface area contributed by atoms with Crippen molar-refractivity contribution in [1.29, 1.82) is 5.41 Å². The van der Waals surface area contributed by atoms with Crippen molar-refractivity contribution < 1.29 is 4.74 Å². The van der Waals surface area contributed by atoms with Crippen LogP contribution in [0.4, 0.5) is 0 Å². The van der Waals surface area contributed by atoms with Crippen molar-refractivity contribution in [2.24, 2.45) is 5.73 Å². The molecule has 0 saturated carbocycles. The minimum absolute atomic E-state index is 0.0713. The fourth-order valence-electron chi connectivity index (χ4n) is 2.31. The van der Waals surface area contributed by atoms with Gasteiger partial charge in [0.15, 0.2) is 0 Å². The number of nitrogens with one attached hydrogen (secondary N) is 1. The number of nitrogens with two attached hydrogens (primary N) is 1. The van der Waals surface area contributed by atoms with Crippen molar-refractivity contribution in [3.05, 3.63) is 77.9 Å². The van der Waals surface area contributed by atoms with Gasteiger partial charge in [0, 0.05) is 10.9 Å². The second-order valence-corrected chi connectivity index (χ2v) is 4.88. The van der Waals surface area contributed by atoms with Crippen molar-refractivity contribution in [2.75, 3.05) is 0 Å². The Morgan fingerprint density at radius 2 is 1.71 bits per heavy atom. The van der Waals surface area contributed by atoms with Crippen LogP contribution in [0.5, 0.6) is 5.75 Å². The Labute approximate surface area is 123 Å². The standard InChI is InChI=1S/C18H16N2O/c19-18(20)15-8-3-5-13(11-15)12-21-17-10-4-7-14-6-1-2-9-16(14)17/h1-11H,12H2,(H3,19,20). The van der Waals surface area contributed by atoms with Crippen LogP contribution in [0, 0.1) is 5.41 Å². The Hall–Kier alpha value is -2.81. The molecule has 0 radical (unpaired) electrons. The summed E-state index contributed by atoms with van der Waals surface area (Å²) in [6.45, 7) is 0.453. The van der Waals surface area contributed by atoms with E-state index in [2.05, 4.69) is 18.2 Å². The van der Waals surface area contributed by atoms with Gasteiger partial charge in [0.25, 0.3) is 0 Å². The molecule has 0 bridgehead atoms. The quantitative estimate of drug-likeness (QED) is 0.564. The van der Waals surface area contributed by atoms with Gasteiger partial charge in [-0.3, -0.25) is 5.41 Å². The predicted molar refractivity (Wildman–Crippen MR) is 85.7 cm³/mol. The minimum atomic E-state index is 0.0713. The lowest BCUT2D eigenvalue weighted by molar-refractivity contribution is 0.310. The number of fused-ring (bicyclic) bond motifs is 1. The molecular weight excluding hydrogens is 260 g/mol. The fourth-order valence-corrected chi connectivity index (χ4v) is 2.31. The first-order chi connectivity index (χ1) is 10.2. The highest BCUT2D eigenvalue weighted by molar-refractivity contribution is 5.95. The smallest absolute Gasteiger partial charge is 0.127 e. The zero-order valence-electron chi connectivity index (χ0n) is 11.5. The Balaban J connectivity index is 1.84. The van der Waals surface area contributed by atoms with E-state index in [-0.39, 0.29) is 5.84 Å². The van der Waals surface area contributed by atoms with Gasteiger partial charge >= 0.3 is 0 Å². The van der Waals surface area contributed by atoms with Crippen LogP contribution in [0.15, 0.2) is 66.7 Å². The van der Waals surface area contributed by atoms with Crippen LogP contribution in [0.1, 0.15) is 11.1 Å². The second-order valence-electron chi connectivity index (χ2n) is 4.88. The van der Waals surface area contributed by atoms with Crippen LogP contribution in [0.2, 0.25) is 0 Å². The van der Waals surface area contributed by atoms with Gasteiger partial charge in [-0.05, 0) is 23.1 Å². The molecule has 104 valence electrons. The number of amidine groups is 1. The number of hydrogen-bond donors (Lipinski definition) is 2. The molecule has 0 atom stereocenters. The topological polar surface area (TPSA) is 59.1 Å². The summed E-state index contributed by atoms with van der Waals surface area (Å²) < 4.78 is 5.93. The monoisotopic (exact) mass is 276 g/mol. The van der Waals surface area contributed by atoms with Crippen LogP contribution in [0.25, 0.3) is 10.8 Å². The highest BCUT2D eigenvalue weighted by Crippen LogP contribution is 2.25. The summed E-state index contributed by atoms with van der Waals surface area (Å²) in [7, 11) is 0. The van der Waals surface area contributed by atoms with Crippen molar-refractivity contribution in [1.82, 2.24) is 0 Å². The lowest BCUT2D eigenvalue weighted by Crippen LogP contribution is -2.11. The molecule has 0 aliphatic heterocycles. The lowest BCUT2D eigenvalue weighted by Gasteiger charge is -2.10. The van der Waals surface area contributed by atoms with Gasteiger partial charge in [-0.2, -0.15) is 0 Å². The van der Waals surface area contributed by atoms with E-state index < -0.39 is 0 Å². The van der Waals surface area contributed by atoms with Gasteiger partial charge < -0.3 is 10.5 Å². The van der Waals surface area contributed by atoms with E-state index >= 15 is 0 Å². The Morgan fingerprint density at radius 1 is 0.952 bits per heavy atom. The molecule has 0 heterocycles. The first-order valence-corrected chi connectivity index (χ1v) is 6.78. The molecule has 0 aliphatic carbocycles. The summed E-state index contributed by atoms with van der Waals surface area (Å²) in [5.41, 5.74) is 7.22. The molecule has 0 saturated heterocycles. The van der Waals surface area contributed by atoms with Gasteiger partial charge in [0.2, 0.25) is 0 Å². The van der Waals surface area contributed by atoms with Crippen molar-refractivity contribution >= 4 is 16.6 Å². The normalized spacial score (nSPS) is 10.5. The summed E-state index contributed by atoms with van der Waals surface area (Å²) in [5.74, 6) is 0.934.